The Morgan fingerprint density at radius 1 is 1.14 bits per heavy atom. The van der Waals surface area contributed by atoms with Crippen LogP contribution in [0.2, 0.25) is 0 Å². The SMILES string of the molecule is COC(=O)c1c(NC(=O)c2sc3nc4c(cc3c2N)CC(C)CC4)sc2c1CCc1ccccc1-2. The van der Waals surface area contributed by atoms with Crippen LogP contribution in [0.4, 0.5) is 10.7 Å². The first-order valence-corrected chi connectivity index (χ1v) is 13.4. The zero-order chi connectivity index (χ0) is 24.3. The Bertz CT molecular complexity index is 1520. The molecule has 6 nitrogen and oxygen atoms in total. The van der Waals surface area contributed by atoms with Crippen molar-refractivity contribution < 1.29 is 14.3 Å². The number of anilines is 2. The molecule has 3 heterocycles. The minimum atomic E-state index is -0.440. The summed E-state index contributed by atoms with van der Waals surface area (Å²) in [5.41, 5.74) is 13.0. The molecule has 6 rings (SSSR count). The monoisotopic (exact) mass is 503 g/mol. The Kier molecular flexibility index (Phi) is 5.38. The van der Waals surface area contributed by atoms with Crippen molar-refractivity contribution in [1.82, 2.24) is 4.98 Å². The highest BCUT2D eigenvalue weighted by Crippen LogP contribution is 2.46. The van der Waals surface area contributed by atoms with E-state index in [2.05, 4.69) is 30.4 Å². The van der Waals surface area contributed by atoms with Gasteiger partial charge in [0.05, 0.1) is 18.4 Å². The number of aromatic nitrogens is 1. The molecule has 0 saturated heterocycles. The largest absolute Gasteiger partial charge is 0.465 e. The molecule has 1 unspecified atom stereocenters. The third-order valence-corrected chi connectivity index (χ3v) is 9.36. The predicted molar refractivity (Wildman–Crippen MR) is 142 cm³/mol. The number of benzene rings is 1. The number of carbonyl (C=O) groups is 2. The van der Waals surface area contributed by atoms with Crippen LogP contribution in [-0.4, -0.2) is 24.0 Å². The fraction of sp³-hybridized carbons (Fsp3) is 0.296. The lowest BCUT2D eigenvalue weighted by Gasteiger charge is -2.20. The number of esters is 1. The number of amides is 1. The van der Waals surface area contributed by atoms with Gasteiger partial charge in [-0.25, -0.2) is 9.78 Å². The molecule has 2 aliphatic rings. The molecule has 3 aromatic heterocycles. The van der Waals surface area contributed by atoms with Crippen LogP contribution in [0.25, 0.3) is 20.7 Å². The van der Waals surface area contributed by atoms with Crippen LogP contribution >= 0.6 is 22.7 Å². The van der Waals surface area contributed by atoms with Crippen LogP contribution in [-0.2, 0) is 30.4 Å². The third-order valence-electron chi connectivity index (χ3n) is 7.07. The van der Waals surface area contributed by atoms with Crippen molar-refractivity contribution >= 4 is 55.5 Å². The normalized spacial score (nSPS) is 16.3. The van der Waals surface area contributed by atoms with Gasteiger partial charge in [-0.15, -0.1) is 22.7 Å². The van der Waals surface area contributed by atoms with Crippen LogP contribution < -0.4 is 11.1 Å². The molecule has 0 radical (unpaired) electrons. The van der Waals surface area contributed by atoms with Gasteiger partial charge >= 0.3 is 5.97 Å². The van der Waals surface area contributed by atoms with E-state index >= 15 is 0 Å². The molecule has 0 saturated carbocycles. The maximum atomic E-state index is 13.4. The van der Waals surface area contributed by atoms with Crippen molar-refractivity contribution in [3.8, 4) is 10.4 Å². The number of nitrogens with zero attached hydrogens (tertiary/aromatic N) is 1. The van der Waals surface area contributed by atoms with Gasteiger partial charge in [-0.2, -0.15) is 0 Å². The number of nitrogens with two attached hydrogens (primary N) is 1. The second-order valence-electron chi connectivity index (χ2n) is 9.36. The molecule has 3 N–H and O–H groups in total. The second kappa shape index (κ2) is 8.46. The zero-order valence-corrected chi connectivity index (χ0v) is 21.2. The highest BCUT2D eigenvalue weighted by molar-refractivity contribution is 7.22. The van der Waals surface area contributed by atoms with Gasteiger partial charge in [-0.1, -0.05) is 31.2 Å². The Labute approximate surface area is 211 Å². The summed E-state index contributed by atoms with van der Waals surface area (Å²) < 4.78 is 5.10. The van der Waals surface area contributed by atoms with Crippen molar-refractivity contribution in [1.29, 1.82) is 0 Å². The fourth-order valence-electron chi connectivity index (χ4n) is 5.25. The molecule has 8 heteroatoms. The Hall–Kier alpha value is -3.23. The van der Waals surface area contributed by atoms with Crippen LogP contribution in [0.15, 0.2) is 30.3 Å². The number of hydrogen-bond donors (Lipinski definition) is 2. The summed E-state index contributed by atoms with van der Waals surface area (Å²) in [6.45, 7) is 2.25. The van der Waals surface area contributed by atoms with Crippen LogP contribution in [0, 0.1) is 5.92 Å². The van der Waals surface area contributed by atoms with Crippen molar-refractivity contribution in [2.45, 2.75) is 39.0 Å². The van der Waals surface area contributed by atoms with Gasteiger partial charge in [0.15, 0.2) is 0 Å². The molecule has 4 aromatic rings. The third kappa shape index (κ3) is 3.63. The van der Waals surface area contributed by atoms with Crippen LogP contribution in [0.1, 0.15) is 55.8 Å². The minimum Gasteiger partial charge on any atom is -0.465 e. The Morgan fingerprint density at radius 2 is 1.97 bits per heavy atom. The lowest BCUT2D eigenvalue weighted by Crippen LogP contribution is -2.15. The Balaban J connectivity index is 1.40. The first-order chi connectivity index (χ1) is 16.9. The smallest absolute Gasteiger partial charge is 0.341 e. The molecular formula is C27H25N3O3S2. The summed E-state index contributed by atoms with van der Waals surface area (Å²) in [6.07, 6.45) is 4.63. The number of hydrogen-bond acceptors (Lipinski definition) is 7. The highest BCUT2D eigenvalue weighted by atomic mass is 32.1. The Morgan fingerprint density at radius 3 is 2.80 bits per heavy atom. The number of thiophene rings is 2. The summed E-state index contributed by atoms with van der Waals surface area (Å²) in [7, 11) is 1.37. The van der Waals surface area contributed by atoms with E-state index in [4.69, 9.17) is 15.5 Å². The van der Waals surface area contributed by atoms with Gasteiger partial charge in [-0.05, 0) is 66.3 Å². The summed E-state index contributed by atoms with van der Waals surface area (Å²) in [5.74, 6) is -0.144. The van der Waals surface area contributed by atoms with Crippen molar-refractivity contribution in [2.75, 3.05) is 18.2 Å². The summed E-state index contributed by atoms with van der Waals surface area (Å²) in [5, 5.41) is 4.33. The molecule has 1 aromatic carbocycles. The van der Waals surface area contributed by atoms with E-state index in [0.717, 1.165) is 64.0 Å². The van der Waals surface area contributed by atoms with Gasteiger partial charge in [0, 0.05) is 16.0 Å². The van der Waals surface area contributed by atoms with E-state index in [0.29, 0.717) is 27.0 Å². The average molecular weight is 504 g/mol. The van der Waals surface area contributed by atoms with Crippen LogP contribution in [0.3, 0.4) is 0 Å². The molecule has 1 atom stereocenters. The molecule has 178 valence electrons. The number of carbonyl (C=O) groups excluding carboxylic acids is 2. The number of nitrogens with one attached hydrogen (secondary N) is 1. The molecule has 35 heavy (non-hydrogen) atoms. The molecule has 0 bridgehead atoms. The van der Waals surface area contributed by atoms with E-state index in [1.807, 2.05) is 12.1 Å². The topological polar surface area (TPSA) is 94.3 Å². The maximum Gasteiger partial charge on any atom is 0.341 e. The van der Waals surface area contributed by atoms with E-state index in [1.165, 1.54) is 40.9 Å². The molecule has 1 amide bonds. The number of rotatable bonds is 3. The van der Waals surface area contributed by atoms with Gasteiger partial charge in [0.25, 0.3) is 5.91 Å². The number of methoxy groups -OCH3 is 1. The molecule has 2 aliphatic carbocycles. The van der Waals surface area contributed by atoms with Gasteiger partial charge in [0.2, 0.25) is 0 Å². The van der Waals surface area contributed by atoms with E-state index in [-0.39, 0.29) is 5.91 Å². The van der Waals surface area contributed by atoms with Crippen molar-refractivity contribution in [2.24, 2.45) is 5.92 Å². The first-order valence-electron chi connectivity index (χ1n) is 11.8. The minimum absolute atomic E-state index is 0.325. The fourth-order valence-corrected chi connectivity index (χ4v) is 7.53. The summed E-state index contributed by atoms with van der Waals surface area (Å²) >= 11 is 2.73. The van der Waals surface area contributed by atoms with E-state index < -0.39 is 5.97 Å². The standard InChI is InChI=1S/C27H25N3O3S2/c1-13-7-10-19-15(11-13)12-18-21(28)23(35-25(18)29-19)24(31)30-26-20(27(32)33-2)17-9-8-14-5-3-4-6-16(14)22(17)34-26/h3-6,12-13H,7-11,28H2,1-2H3,(H,30,31). The maximum absolute atomic E-state index is 13.4. The van der Waals surface area contributed by atoms with E-state index in [1.54, 1.807) is 0 Å². The zero-order valence-electron chi connectivity index (χ0n) is 19.6. The van der Waals surface area contributed by atoms with Gasteiger partial charge < -0.3 is 15.8 Å². The van der Waals surface area contributed by atoms with Gasteiger partial charge in [0.1, 0.15) is 14.7 Å². The number of ether oxygens (including phenoxy) is 1. The molecular weight excluding hydrogens is 478 g/mol. The second-order valence-corrected chi connectivity index (χ2v) is 11.4. The number of fused-ring (bicyclic) bond motifs is 5. The molecule has 0 aliphatic heterocycles. The molecule has 0 fully saturated rings. The van der Waals surface area contributed by atoms with Crippen molar-refractivity contribution in [3.63, 3.8) is 0 Å². The van der Waals surface area contributed by atoms with Gasteiger partial charge in [-0.3, -0.25) is 4.79 Å². The predicted octanol–water partition coefficient (Wildman–Crippen LogP) is 5.87. The summed E-state index contributed by atoms with van der Waals surface area (Å²) in [6, 6.07) is 10.3. The van der Waals surface area contributed by atoms with E-state index in [9.17, 15) is 9.59 Å². The number of nitrogen functional groups attached to an aromatic ring is 1. The number of aryl methyl sites for hydroxylation is 2. The lowest BCUT2D eigenvalue weighted by molar-refractivity contribution is 0.0601. The quantitative estimate of drug-likeness (QED) is 0.341. The first kappa shape index (κ1) is 22.2. The summed E-state index contributed by atoms with van der Waals surface area (Å²) in [4.78, 5) is 33.3. The number of pyridine rings is 1. The molecule has 0 spiro atoms. The van der Waals surface area contributed by atoms with Crippen LogP contribution in [0.5, 0.6) is 0 Å². The highest BCUT2D eigenvalue weighted by Gasteiger charge is 2.30. The lowest BCUT2D eigenvalue weighted by atomic mass is 9.87. The van der Waals surface area contributed by atoms with Crippen molar-refractivity contribution in [3.05, 3.63) is 63.2 Å². The average Bonchev–Trinajstić information content (AvgIpc) is 3.39.